The van der Waals surface area contributed by atoms with Gasteiger partial charge in [0.05, 0.1) is 11.3 Å². The molecule has 1 aliphatic carbocycles. The summed E-state index contributed by atoms with van der Waals surface area (Å²) in [5.41, 5.74) is 0.750. The average molecular weight is 297 g/mol. The Morgan fingerprint density at radius 3 is 2.55 bits per heavy atom. The minimum Gasteiger partial charge on any atom is -0.478 e. The molecule has 110 valence electrons. The predicted octanol–water partition coefficient (Wildman–Crippen LogP) is 1.99. The predicted molar refractivity (Wildman–Crippen MR) is 76.0 cm³/mol. The van der Waals surface area contributed by atoms with E-state index >= 15 is 0 Å². The van der Waals surface area contributed by atoms with E-state index in [0.717, 1.165) is 19.3 Å². The molecule has 0 aliphatic heterocycles. The Balaban J connectivity index is 1.93. The minimum atomic E-state index is -3.35. The van der Waals surface area contributed by atoms with E-state index in [1.54, 1.807) is 12.1 Å². The van der Waals surface area contributed by atoms with E-state index in [-0.39, 0.29) is 17.4 Å². The molecule has 0 bridgehead atoms. The summed E-state index contributed by atoms with van der Waals surface area (Å²) >= 11 is 0. The smallest absolute Gasteiger partial charge is 0.335 e. The van der Waals surface area contributed by atoms with Gasteiger partial charge in [-0.05, 0) is 36.5 Å². The number of carbonyl (C=O) groups is 1. The van der Waals surface area contributed by atoms with Gasteiger partial charge in [0.15, 0.2) is 0 Å². The van der Waals surface area contributed by atoms with Crippen LogP contribution in [-0.4, -0.2) is 25.5 Å². The lowest BCUT2D eigenvalue weighted by atomic mass is 10.1. The molecule has 1 saturated carbocycles. The van der Waals surface area contributed by atoms with E-state index in [1.807, 2.05) is 0 Å². The highest BCUT2D eigenvalue weighted by atomic mass is 32.2. The van der Waals surface area contributed by atoms with Crippen LogP contribution in [0.15, 0.2) is 24.3 Å². The molecule has 5 nitrogen and oxygen atoms in total. The highest BCUT2D eigenvalue weighted by Gasteiger charge is 2.38. The van der Waals surface area contributed by atoms with Gasteiger partial charge in [0.1, 0.15) is 0 Å². The fourth-order valence-electron chi connectivity index (χ4n) is 2.32. The second kappa shape index (κ2) is 5.93. The Bertz CT molecular complexity index is 580. The van der Waals surface area contributed by atoms with E-state index in [4.69, 9.17) is 5.11 Å². The lowest BCUT2D eigenvalue weighted by Crippen LogP contribution is -2.28. The first-order valence-electron chi connectivity index (χ1n) is 6.73. The molecule has 1 fully saturated rings. The van der Waals surface area contributed by atoms with Gasteiger partial charge >= 0.3 is 5.97 Å². The maximum atomic E-state index is 12.0. The van der Waals surface area contributed by atoms with Crippen molar-refractivity contribution in [2.24, 2.45) is 5.92 Å². The molecular weight excluding hydrogens is 278 g/mol. The molecule has 2 rings (SSSR count). The standard InChI is InChI=1S/C14H19NO4S/c1-2-3-12-8-13(12)15-20(18,19)9-10-4-6-11(7-5-10)14(16)17/h4-7,12-13,15H,2-3,8-9H2,1H3,(H,16,17). The first-order chi connectivity index (χ1) is 9.41. The molecule has 1 aromatic rings. The number of hydrogen-bond acceptors (Lipinski definition) is 3. The molecule has 0 aromatic heterocycles. The van der Waals surface area contributed by atoms with Crippen LogP contribution in [0.25, 0.3) is 0 Å². The zero-order valence-corrected chi connectivity index (χ0v) is 12.2. The summed E-state index contributed by atoms with van der Waals surface area (Å²) in [4.78, 5) is 10.7. The maximum absolute atomic E-state index is 12.0. The Morgan fingerprint density at radius 1 is 1.35 bits per heavy atom. The van der Waals surface area contributed by atoms with Crippen LogP contribution >= 0.6 is 0 Å². The van der Waals surface area contributed by atoms with Crippen molar-refractivity contribution in [3.8, 4) is 0 Å². The summed E-state index contributed by atoms with van der Waals surface area (Å²) in [6, 6.07) is 6.00. The SMILES string of the molecule is CCCC1CC1NS(=O)(=O)Cc1ccc(C(=O)O)cc1. The lowest BCUT2D eigenvalue weighted by Gasteiger charge is -2.06. The number of rotatable bonds is 7. The van der Waals surface area contributed by atoms with Crippen molar-refractivity contribution in [1.29, 1.82) is 0 Å². The van der Waals surface area contributed by atoms with Crippen LogP contribution in [0.3, 0.4) is 0 Å². The van der Waals surface area contributed by atoms with Crippen LogP contribution < -0.4 is 4.72 Å². The molecular formula is C14H19NO4S. The van der Waals surface area contributed by atoms with Crippen LogP contribution in [0.4, 0.5) is 0 Å². The van der Waals surface area contributed by atoms with Crippen LogP contribution in [0, 0.1) is 5.92 Å². The number of benzene rings is 1. The van der Waals surface area contributed by atoms with Crippen LogP contribution in [-0.2, 0) is 15.8 Å². The number of nitrogens with one attached hydrogen (secondary N) is 1. The Labute approximate surface area is 119 Å². The molecule has 0 amide bonds. The quantitative estimate of drug-likeness (QED) is 0.806. The van der Waals surface area contributed by atoms with Gasteiger partial charge in [-0.3, -0.25) is 0 Å². The molecule has 0 radical (unpaired) electrons. The molecule has 2 unspecified atom stereocenters. The molecule has 2 atom stereocenters. The maximum Gasteiger partial charge on any atom is 0.335 e. The third-order valence-corrected chi connectivity index (χ3v) is 4.85. The normalized spacial score (nSPS) is 21.6. The number of carboxylic acids is 1. The van der Waals surface area contributed by atoms with Crippen LogP contribution in [0.2, 0.25) is 0 Å². The third kappa shape index (κ3) is 4.05. The van der Waals surface area contributed by atoms with Gasteiger partial charge in [0, 0.05) is 6.04 Å². The zero-order valence-electron chi connectivity index (χ0n) is 11.4. The summed E-state index contributed by atoms with van der Waals surface area (Å²) in [6.07, 6.45) is 3.05. The summed E-state index contributed by atoms with van der Waals surface area (Å²) in [5.74, 6) is -0.649. The van der Waals surface area contributed by atoms with Gasteiger partial charge in [-0.2, -0.15) is 0 Å². The van der Waals surface area contributed by atoms with Gasteiger partial charge in [-0.1, -0.05) is 25.5 Å². The highest BCUT2D eigenvalue weighted by Crippen LogP contribution is 2.35. The molecule has 1 aromatic carbocycles. The molecule has 1 aliphatic rings. The van der Waals surface area contributed by atoms with Crippen molar-refractivity contribution in [2.75, 3.05) is 0 Å². The Hall–Kier alpha value is -1.40. The van der Waals surface area contributed by atoms with Crippen LogP contribution in [0.5, 0.6) is 0 Å². The first-order valence-corrected chi connectivity index (χ1v) is 8.38. The number of aromatic carboxylic acids is 1. The fourth-order valence-corrected chi connectivity index (χ4v) is 3.78. The number of sulfonamides is 1. The Kier molecular flexibility index (Phi) is 4.45. The van der Waals surface area contributed by atoms with Gasteiger partial charge in [0.25, 0.3) is 0 Å². The lowest BCUT2D eigenvalue weighted by molar-refractivity contribution is 0.0697. The monoisotopic (exact) mass is 297 g/mol. The highest BCUT2D eigenvalue weighted by molar-refractivity contribution is 7.88. The Morgan fingerprint density at radius 2 is 2.00 bits per heavy atom. The van der Waals surface area contributed by atoms with Crippen molar-refractivity contribution < 1.29 is 18.3 Å². The van der Waals surface area contributed by atoms with E-state index in [2.05, 4.69) is 11.6 Å². The van der Waals surface area contributed by atoms with Gasteiger partial charge in [-0.25, -0.2) is 17.9 Å². The third-order valence-electron chi connectivity index (χ3n) is 3.47. The molecule has 6 heteroatoms. The topological polar surface area (TPSA) is 83.5 Å². The van der Waals surface area contributed by atoms with Crippen molar-refractivity contribution >= 4 is 16.0 Å². The van der Waals surface area contributed by atoms with E-state index in [0.29, 0.717) is 11.5 Å². The van der Waals surface area contributed by atoms with E-state index in [1.165, 1.54) is 12.1 Å². The second-order valence-electron chi connectivity index (χ2n) is 5.27. The zero-order chi connectivity index (χ0) is 14.8. The van der Waals surface area contributed by atoms with Gasteiger partial charge in [-0.15, -0.1) is 0 Å². The molecule has 0 saturated heterocycles. The van der Waals surface area contributed by atoms with Crippen molar-refractivity contribution in [3.63, 3.8) is 0 Å². The minimum absolute atomic E-state index is 0.0817. The van der Waals surface area contributed by atoms with E-state index < -0.39 is 16.0 Å². The first kappa shape index (κ1) is 15.0. The number of hydrogen-bond donors (Lipinski definition) is 2. The second-order valence-corrected chi connectivity index (χ2v) is 7.02. The van der Waals surface area contributed by atoms with Crippen molar-refractivity contribution in [2.45, 2.75) is 38.0 Å². The van der Waals surface area contributed by atoms with Crippen LogP contribution in [0.1, 0.15) is 42.1 Å². The van der Waals surface area contributed by atoms with E-state index in [9.17, 15) is 13.2 Å². The van der Waals surface area contributed by atoms with Crippen molar-refractivity contribution in [1.82, 2.24) is 4.72 Å². The average Bonchev–Trinajstić information content (AvgIpc) is 3.06. The molecule has 0 spiro atoms. The summed E-state index contributed by atoms with van der Waals surface area (Å²) in [7, 11) is -3.35. The molecule has 2 N–H and O–H groups in total. The van der Waals surface area contributed by atoms with Gasteiger partial charge < -0.3 is 5.11 Å². The fraction of sp³-hybridized carbons (Fsp3) is 0.500. The van der Waals surface area contributed by atoms with Gasteiger partial charge in [0.2, 0.25) is 10.0 Å². The molecule has 20 heavy (non-hydrogen) atoms. The molecule has 0 heterocycles. The largest absolute Gasteiger partial charge is 0.478 e. The number of carboxylic acid groups (broad SMARTS) is 1. The summed E-state index contributed by atoms with van der Waals surface area (Å²) in [6.45, 7) is 2.09. The summed E-state index contributed by atoms with van der Waals surface area (Å²) in [5, 5.41) is 8.78. The van der Waals surface area contributed by atoms with Crippen molar-refractivity contribution in [3.05, 3.63) is 35.4 Å². The summed E-state index contributed by atoms with van der Waals surface area (Å²) < 4.78 is 26.7.